The molecule has 1 heterocycles. The lowest BCUT2D eigenvalue weighted by Crippen LogP contribution is -2.31. The van der Waals surface area contributed by atoms with Crippen molar-refractivity contribution >= 4 is 11.9 Å². The molecular formula is C16H21N3O. The van der Waals surface area contributed by atoms with E-state index in [0.717, 1.165) is 12.1 Å². The normalized spacial score (nSPS) is 22.6. The van der Waals surface area contributed by atoms with Gasteiger partial charge in [0.05, 0.1) is 0 Å². The van der Waals surface area contributed by atoms with E-state index in [2.05, 4.69) is 43.4 Å². The van der Waals surface area contributed by atoms with Crippen LogP contribution in [-0.4, -0.2) is 23.3 Å². The summed E-state index contributed by atoms with van der Waals surface area (Å²) in [6, 6.07) is 7.95. The zero-order valence-corrected chi connectivity index (χ0v) is 12.0. The van der Waals surface area contributed by atoms with Crippen LogP contribution in [0.3, 0.4) is 0 Å². The summed E-state index contributed by atoms with van der Waals surface area (Å²) in [5.41, 5.74) is 2.31. The van der Waals surface area contributed by atoms with E-state index in [0.29, 0.717) is 17.7 Å². The Balaban J connectivity index is 1.85. The number of urea groups is 1. The first-order valence-corrected chi connectivity index (χ1v) is 7.32. The van der Waals surface area contributed by atoms with E-state index >= 15 is 0 Å². The first kappa shape index (κ1) is 13.2. The molecule has 4 nitrogen and oxygen atoms in total. The highest BCUT2D eigenvalue weighted by molar-refractivity contribution is 6.06. The Morgan fingerprint density at radius 3 is 2.50 bits per heavy atom. The summed E-state index contributed by atoms with van der Waals surface area (Å²) in [7, 11) is 0. The van der Waals surface area contributed by atoms with E-state index in [9.17, 15) is 4.79 Å². The molecule has 3 rings (SSSR count). The molecule has 2 aliphatic rings. The van der Waals surface area contributed by atoms with Crippen molar-refractivity contribution in [3.8, 4) is 0 Å². The van der Waals surface area contributed by atoms with Crippen molar-refractivity contribution in [2.45, 2.75) is 38.6 Å². The lowest BCUT2D eigenvalue weighted by Gasteiger charge is -2.23. The number of nitrogens with zero attached hydrogens (tertiary/aromatic N) is 1. The Morgan fingerprint density at radius 1 is 1.30 bits per heavy atom. The van der Waals surface area contributed by atoms with Crippen LogP contribution in [0.1, 0.15) is 49.8 Å². The van der Waals surface area contributed by atoms with Gasteiger partial charge >= 0.3 is 6.03 Å². The highest BCUT2D eigenvalue weighted by Crippen LogP contribution is 2.35. The lowest BCUT2D eigenvalue weighted by atomic mass is 9.98. The van der Waals surface area contributed by atoms with Crippen LogP contribution >= 0.6 is 0 Å². The number of hydrogen-bond acceptors (Lipinski definition) is 2. The third-order valence-electron chi connectivity index (χ3n) is 4.16. The fraction of sp³-hybridized carbons (Fsp3) is 0.500. The maximum atomic E-state index is 12.0. The molecule has 2 fully saturated rings. The molecule has 1 aliphatic carbocycles. The zero-order chi connectivity index (χ0) is 14.3. The molecular weight excluding hydrogens is 250 g/mol. The van der Waals surface area contributed by atoms with Crippen molar-refractivity contribution < 1.29 is 4.79 Å². The Morgan fingerprint density at radius 2 is 1.95 bits per heavy atom. The topological polar surface area (TPSA) is 56.2 Å². The van der Waals surface area contributed by atoms with Crippen molar-refractivity contribution in [1.82, 2.24) is 10.2 Å². The van der Waals surface area contributed by atoms with Crippen molar-refractivity contribution in [2.75, 3.05) is 6.54 Å². The van der Waals surface area contributed by atoms with Gasteiger partial charge in [-0.2, -0.15) is 0 Å². The van der Waals surface area contributed by atoms with Crippen molar-refractivity contribution in [2.24, 2.45) is 5.92 Å². The summed E-state index contributed by atoms with van der Waals surface area (Å²) >= 11 is 0. The molecule has 0 spiro atoms. The number of benzene rings is 1. The SMILES string of the molecule is CC(C)c1ccc(C2C(=N)NC(=O)N2CC2CC2)cc1. The fourth-order valence-electron chi connectivity index (χ4n) is 2.71. The minimum absolute atomic E-state index is 0.125. The maximum Gasteiger partial charge on any atom is 0.323 e. The van der Waals surface area contributed by atoms with Crippen molar-refractivity contribution in [3.63, 3.8) is 0 Å². The Bertz CT molecular complexity index is 531. The Labute approximate surface area is 119 Å². The smallest absolute Gasteiger partial charge is 0.310 e. The first-order valence-electron chi connectivity index (χ1n) is 7.32. The van der Waals surface area contributed by atoms with Gasteiger partial charge in [-0.25, -0.2) is 4.79 Å². The largest absolute Gasteiger partial charge is 0.323 e. The molecule has 1 atom stereocenters. The highest BCUT2D eigenvalue weighted by Gasteiger charge is 2.39. The molecule has 1 aromatic carbocycles. The average Bonchev–Trinajstić information content (AvgIpc) is 3.17. The first-order chi connectivity index (χ1) is 9.56. The van der Waals surface area contributed by atoms with E-state index in [-0.39, 0.29) is 12.1 Å². The van der Waals surface area contributed by atoms with Gasteiger partial charge < -0.3 is 4.90 Å². The third kappa shape index (κ3) is 2.42. The summed E-state index contributed by atoms with van der Waals surface area (Å²) < 4.78 is 0. The summed E-state index contributed by atoms with van der Waals surface area (Å²) in [5, 5.41) is 10.7. The van der Waals surface area contributed by atoms with Gasteiger partial charge in [0.15, 0.2) is 0 Å². The molecule has 1 saturated heterocycles. The van der Waals surface area contributed by atoms with Gasteiger partial charge in [0, 0.05) is 6.54 Å². The number of rotatable bonds is 4. The second-order valence-electron chi connectivity index (χ2n) is 6.16. The molecule has 4 heteroatoms. The van der Waals surface area contributed by atoms with Gasteiger partial charge in [-0.15, -0.1) is 0 Å². The molecule has 1 aliphatic heterocycles. The monoisotopic (exact) mass is 271 g/mol. The van der Waals surface area contributed by atoms with Crippen LogP contribution < -0.4 is 5.32 Å². The predicted octanol–water partition coefficient (Wildman–Crippen LogP) is 3.26. The number of carbonyl (C=O) groups excluding carboxylic acids is 1. The highest BCUT2D eigenvalue weighted by atomic mass is 16.2. The third-order valence-corrected chi connectivity index (χ3v) is 4.16. The Hall–Kier alpha value is -1.84. The van der Waals surface area contributed by atoms with Gasteiger partial charge in [0.2, 0.25) is 0 Å². The van der Waals surface area contributed by atoms with Crippen LogP contribution in [0, 0.1) is 11.3 Å². The second kappa shape index (κ2) is 4.93. The van der Waals surface area contributed by atoms with Gasteiger partial charge in [-0.05, 0) is 35.8 Å². The van der Waals surface area contributed by atoms with E-state index in [1.807, 2.05) is 4.90 Å². The van der Waals surface area contributed by atoms with Crippen LogP contribution in [-0.2, 0) is 0 Å². The molecule has 1 unspecified atom stereocenters. The second-order valence-corrected chi connectivity index (χ2v) is 6.16. The molecule has 0 radical (unpaired) electrons. The zero-order valence-electron chi connectivity index (χ0n) is 12.0. The average molecular weight is 271 g/mol. The van der Waals surface area contributed by atoms with Gasteiger partial charge in [0.1, 0.15) is 11.9 Å². The predicted molar refractivity (Wildman–Crippen MR) is 79.0 cm³/mol. The number of nitrogens with one attached hydrogen (secondary N) is 2. The molecule has 20 heavy (non-hydrogen) atoms. The van der Waals surface area contributed by atoms with E-state index in [1.54, 1.807) is 0 Å². The Kier molecular flexibility index (Phi) is 3.24. The summed E-state index contributed by atoms with van der Waals surface area (Å²) in [6.45, 7) is 5.10. The number of hydrogen-bond donors (Lipinski definition) is 2. The summed E-state index contributed by atoms with van der Waals surface area (Å²) in [5.74, 6) is 1.42. The number of amides is 2. The van der Waals surface area contributed by atoms with Crippen LogP contribution in [0.5, 0.6) is 0 Å². The van der Waals surface area contributed by atoms with Crippen LogP contribution in [0.2, 0.25) is 0 Å². The van der Waals surface area contributed by atoms with Gasteiger partial charge in [-0.1, -0.05) is 38.1 Å². The molecule has 0 aromatic heterocycles. The molecule has 1 saturated carbocycles. The maximum absolute atomic E-state index is 12.0. The molecule has 106 valence electrons. The quantitative estimate of drug-likeness (QED) is 0.867. The van der Waals surface area contributed by atoms with Gasteiger partial charge in [0.25, 0.3) is 0 Å². The standard InChI is InChI=1S/C16H21N3O/c1-10(2)12-5-7-13(8-6-12)14-15(17)18-16(20)19(14)9-11-3-4-11/h5-8,10-11,14H,3-4,9H2,1-2H3,(H2,17,18,20). The number of carbonyl (C=O) groups is 1. The summed E-state index contributed by atoms with van der Waals surface area (Å²) in [6.07, 6.45) is 2.41. The minimum Gasteiger partial charge on any atom is -0.310 e. The van der Waals surface area contributed by atoms with Crippen LogP contribution in [0.25, 0.3) is 0 Å². The lowest BCUT2D eigenvalue weighted by molar-refractivity contribution is 0.203. The fourth-order valence-corrected chi connectivity index (χ4v) is 2.71. The van der Waals surface area contributed by atoms with E-state index in [4.69, 9.17) is 5.41 Å². The van der Waals surface area contributed by atoms with Crippen molar-refractivity contribution in [1.29, 1.82) is 5.41 Å². The van der Waals surface area contributed by atoms with Gasteiger partial charge in [-0.3, -0.25) is 10.7 Å². The molecule has 0 bridgehead atoms. The van der Waals surface area contributed by atoms with E-state index < -0.39 is 0 Å². The molecule has 1 aromatic rings. The molecule has 2 amide bonds. The number of amidine groups is 1. The summed E-state index contributed by atoms with van der Waals surface area (Å²) in [4.78, 5) is 13.8. The van der Waals surface area contributed by atoms with Crippen molar-refractivity contribution in [3.05, 3.63) is 35.4 Å². The van der Waals surface area contributed by atoms with E-state index in [1.165, 1.54) is 18.4 Å². The van der Waals surface area contributed by atoms with Crippen LogP contribution in [0.4, 0.5) is 4.79 Å². The van der Waals surface area contributed by atoms with Crippen LogP contribution in [0.15, 0.2) is 24.3 Å². The molecule has 2 N–H and O–H groups in total. The minimum atomic E-state index is -0.232.